The third-order valence-corrected chi connectivity index (χ3v) is 2.60. The van der Waals surface area contributed by atoms with Gasteiger partial charge in [0.15, 0.2) is 0 Å². The van der Waals surface area contributed by atoms with E-state index < -0.39 is 14.5 Å². The van der Waals surface area contributed by atoms with Gasteiger partial charge in [-0.3, -0.25) is 9.97 Å². The van der Waals surface area contributed by atoms with Gasteiger partial charge in [-0.1, -0.05) is 18.2 Å². The molecule has 0 radical (unpaired) electrons. The van der Waals surface area contributed by atoms with Crippen LogP contribution in [0, 0.1) is 0 Å². The number of nitrogens with zero attached hydrogens (tertiary/aromatic N) is 3. The summed E-state index contributed by atoms with van der Waals surface area (Å²) in [5, 5.41) is 0. The molecule has 0 aliphatic carbocycles. The van der Waals surface area contributed by atoms with Gasteiger partial charge >= 0.3 is 35.6 Å². The fourth-order valence-corrected chi connectivity index (χ4v) is 1.75. The molecule has 0 unspecified atom stereocenters. The second-order valence-corrected chi connectivity index (χ2v) is 4.83. The molecule has 0 bridgehead atoms. The molecule has 3 rings (SSSR count). The Bertz CT molecular complexity index is 761. The predicted octanol–water partition coefficient (Wildman–Crippen LogP) is 5.97. The summed E-state index contributed by atoms with van der Waals surface area (Å²) in [6.45, 7) is 0. The van der Waals surface area contributed by atoms with Gasteiger partial charge in [0, 0.05) is 12.4 Å². The van der Waals surface area contributed by atoms with Gasteiger partial charge < -0.3 is 40.7 Å². The Kier molecular flexibility index (Phi) is 13.7. The molecular weight excluding hydrogens is 605 g/mol. The van der Waals surface area contributed by atoms with Gasteiger partial charge in [-0.25, -0.2) is 4.98 Å². The van der Waals surface area contributed by atoms with Crippen molar-refractivity contribution in [3.63, 3.8) is 0 Å². The van der Waals surface area contributed by atoms with E-state index in [2.05, 4.69) is 15.0 Å². The molecule has 3 heterocycles. The first kappa shape index (κ1) is 29.9. The fourth-order valence-electron chi connectivity index (χ4n) is 1.75. The second-order valence-electron chi connectivity index (χ2n) is 4.83. The first-order valence-electron chi connectivity index (χ1n) is 7.48. The van der Waals surface area contributed by atoms with E-state index in [0.717, 1.165) is 22.8 Å². The number of hydrogen-bond donors (Lipinski definition) is 1. The van der Waals surface area contributed by atoms with Crippen LogP contribution in [0.2, 0.25) is 0 Å². The van der Waals surface area contributed by atoms with Crippen molar-refractivity contribution < 1.29 is 55.6 Å². The number of halogens is 8. The van der Waals surface area contributed by atoms with Gasteiger partial charge in [0.2, 0.25) is 0 Å². The van der Waals surface area contributed by atoms with Gasteiger partial charge in [0.1, 0.15) is 0 Å². The summed E-state index contributed by atoms with van der Waals surface area (Å²) in [5.41, 5.74) is 3.46. The second kappa shape index (κ2) is 13.8. The zero-order valence-electron chi connectivity index (χ0n) is 14.9. The van der Waals surface area contributed by atoms with Gasteiger partial charge in [-0.2, -0.15) is 0 Å². The smallest absolute Gasteiger partial charge is 0.418 e. The van der Waals surface area contributed by atoms with Gasteiger partial charge in [-0.05, 0) is 36.4 Å². The molecule has 166 valence electrons. The molecule has 0 aliphatic rings. The Morgan fingerprint density at radius 2 is 0.800 bits per heavy atom. The van der Waals surface area contributed by atoms with Crippen molar-refractivity contribution in [2.45, 2.75) is 0 Å². The minimum Gasteiger partial charge on any atom is -0.418 e. The molecule has 15 heteroatoms. The maximum absolute atomic E-state index is 9.75. The Hall–Kier alpha value is -2.33. The third-order valence-electron chi connectivity index (χ3n) is 2.60. The summed E-state index contributed by atoms with van der Waals surface area (Å²) in [5.74, 6) is 0. The number of aromatic nitrogens is 3. The zero-order chi connectivity index (χ0) is 21.2. The monoisotopic (exact) mass is 619 g/mol. The van der Waals surface area contributed by atoms with E-state index in [1.165, 1.54) is 0 Å². The van der Waals surface area contributed by atoms with Crippen LogP contribution in [-0.2, 0) is 21.1 Å². The average molecular weight is 619 g/mol. The molecule has 0 amide bonds. The molecule has 30 heavy (non-hydrogen) atoms. The number of hydrogen-bond acceptors (Lipinski definition) is 4. The average Bonchev–Trinajstić information content (AvgIpc) is 2.61. The number of pyridine rings is 3. The molecule has 0 aliphatic heterocycles. The van der Waals surface area contributed by atoms with Crippen molar-refractivity contribution in [2.75, 3.05) is 0 Å². The van der Waals surface area contributed by atoms with Gasteiger partial charge in [0.25, 0.3) is 0 Å². The van der Waals surface area contributed by atoms with Crippen LogP contribution in [0.1, 0.15) is 0 Å². The van der Waals surface area contributed by atoms with Crippen LogP contribution in [0.4, 0.5) is 34.5 Å². The van der Waals surface area contributed by atoms with E-state index in [1.54, 1.807) is 12.4 Å². The molecule has 0 saturated carbocycles. The zero-order valence-corrected chi connectivity index (χ0v) is 17.2. The first-order valence-corrected chi connectivity index (χ1v) is 7.48. The summed E-state index contributed by atoms with van der Waals surface area (Å²) in [7, 11) is -12.0. The summed E-state index contributed by atoms with van der Waals surface area (Å²) >= 11 is 0. The molecule has 0 spiro atoms. The van der Waals surface area contributed by atoms with E-state index in [9.17, 15) is 34.5 Å². The molecule has 3 aromatic rings. The van der Waals surface area contributed by atoms with E-state index in [1.807, 2.05) is 54.6 Å². The largest absolute Gasteiger partial charge is 2.00 e. The van der Waals surface area contributed by atoms with Crippen molar-refractivity contribution in [1.82, 2.24) is 21.1 Å². The Morgan fingerprint density at radius 1 is 0.500 bits per heavy atom. The van der Waals surface area contributed by atoms with Crippen LogP contribution in [0.15, 0.2) is 67.0 Å². The standard InChI is InChI=1S/C15H11N3.2BF4.H3N.Pt/c1-3-10-16-12(6-1)14-8-5-9-15(18-14)13-7-2-4-11-17-13;2*2-1(3,4)5;;/h1-11H;;;1H3;/q;2*-1;;+2. The van der Waals surface area contributed by atoms with E-state index in [4.69, 9.17) is 0 Å². The molecule has 0 aromatic carbocycles. The number of rotatable bonds is 2. The van der Waals surface area contributed by atoms with Gasteiger partial charge in [0.05, 0.1) is 22.8 Å². The maximum atomic E-state index is 9.75. The third kappa shape index (κ3) is 15.6. The van der Waals surface area contributed by atoms with Crippen molar-refractivity contribution in [1.29, 1.82) is 0 Å². The minimum atomic E-state index is -6.00. The molecule has 0 saturated heterocycles. The van der Waals surface area contributed by atoms with Gasteiger partial charge in [-0.15, -0.1) is 0 Å². The molecule has 3 N–H and O–H groups in total. The summed E-state index contributed by atoms with van der Waals surface area (Å²) < 4.78 is 78.0. The molecule has 4 nitrogen and oxygen atoms in total. The Balaban J connectivity index is 0. The molecule has 0 fully saturated rings. The Morgan fingerprint density at radius 3 is 1.07 bits per heavy atom. The molecular formula is C15H14B2F8N4Pt. The van der Waals surface area contributed by atoms with Crippen LogP contribution in [-0.4, -0.2) is 29.5 Å². The summed E-state index contributed by atoms with van der Waals surface area (Å²) in [4.78, 5) is 13.2. The van der Waals surface area contributed by atoms with Crippen LogP contribution in [0.25, 0.3) is 22.8 Å². The Labute approximate surface area is 181 Å². The van der Waals surface area contributed by atoms with Crippen molar-refractivity contribution >= 4 is 14.5 Å². The van der Waals surface area contributed by atoms with Crippen molar-refractivity contribution in [2.24, 2.45) is 0 Å². The SMILES string of the molecule is F[B-](F)(F)F.F[B-](F)(F)F.N.[Pt+2].c1ccc(-c2cccc(-c3ccccn3)n2)nc1. The van der Waals surface area contributed by atoms with Crippen LogP contribution in [0.5, 0.6) is 0 Å². The predicted molar refractivity (Wildman–Crippen MR) is 96.1 cm³/mol. The normalized spacial score (nSPS) is 10.1. The fraction of sp³-hybridized carbons (Fsp3) is 0. The van der Waals surface area contributed by atoms with Crippen molar-refractivity contribution in [3.05, 3.63) is 67.0 Å². The van der Waals surface area contributed by atoms with E-state index in [-0.39, 0.29) is 27.2 Å². The topological polar surface area (TPSA) is 73.7 Å². The quantitative estimate of drug-likeness (QED) is 0.284. The van der Waals surface area contributed by atoms with E-state index in [0.29, 0.717) is 0 Å². The molecule has 3 aromatic heterocycles. The summed E-state index contributed by atoms with van der Waals surface area (Å²) in [6, 6.07) is 17.5. The first-order chi connectivity index (χ1) is 12.9. The summed E-state index contributed by atoms with van der Waals surface area (Å²) in [6.07, 6.45) is 3.54. The minimum absolute atomic E-state index is 0. The maximum Gasteiger partial charge on any atom is 2.00 e. The van der Waals surface area contributed by atoms with Crippen LogP contribution >= 0.6 is 0 Å². The van der Waals surface area contributed by atoms with Crippen LogP contribution < -0.4 is 6.15 Å². The van der Waals surface area contributed by atoms with E-state index >= 15 is 0 Å². The molecule has 0 atom stereocenters. The van der Waals surface area contributed by atoms with Crippen LogP contribution in [0.3, 0.4) is 0 Å². The van der Waals surface area contributed by atoms with Crippen molar-refractivity contribution in [3.8, 4) is 22.8 Å².